The van der Waals surface area contributed by atoms with Crippen molar-refractivity contribution in [3.8, 4) is 0 Å². The molecule has 0 amide bonds. The molecule has 0 N–H and O–H groups in total. The summed E-state index contributed by atoms with van der Waals surface area (Å²) in [7, 11) is 0. The van der Waals surface area contributed by atoms with Gasteiger partial charge in [-0.25, -0.2) is 0 Å². The van der Waals surface area contributed by atoms with E-state index >= 15 is 0 Å². The smallest absolute Gasteiger partial charge is 0.187 e. The first-order valence-corrected chi connectivity index (χ1v) is 4.09. The predicted molar refractivity (Wildman–Crippen MR) is 47.9 cm³/mol. The second-order valence-electron chi connectivity index (χ2n) is 3.39. The van der Waals surface area contributed by atoms with Crippen LogP contribution >= 0.6 is 0 Å². The molecule has 1 fully saturated rings. The van der Waals surface area contributed by atoms with Gasteiger partial charge in [0.15, 0.2) is 5.78 Å². The maximum Gasteiger partial charge on any atom is 0.187 e. The van der Waals surface area contributed by atoms with Gasteiger partial charge in [0.1, 0.15) is 6.10 Å². The zero-order valence-electron chi connectivity index (χ0n) is 7.70. The zero-order chi connectivity index (χ0) is 9.19. The summed E-state index contributed by atoms with van der Waals surface area (Å²) in [6.45, 7) is 5.74. The molecule has 0 bridgehead atoms. The van der Waals surface area contributed by atoms with Crippen molar-refractivity contribution >= 4 is 5.78 Å². The fourth-order valence-corrected chi connectivity index (χ4v) is 1.02. The molecule has 12 heavy (non-hydrogen) atoms. The van der Waals surface area contributed by atoms with Gasteiger partial charge < -0.3 is 4.74 Å². The molecule has 1 rings (SSSR count). The molecule has 0 radical (unpaired) electrons. The minimum absolute atomic E-state index is 0.0538. The highest BCUT2D eigenvalue weighted by atomic mass is 16.6. The van der Waals surface area contributed by atoms with Crippen LogP contribution in [-0.4, -0.2) is 17.5 Å². The van der Waals surface area contributed by atoms with E-state index < -0.39 is 0 Å². The van der Waals surface area contributed by atoms with Gasteiger partial charge in [-0.15, -0.1) is 0 Å². The first-order chi connectivity index (χ1) is 5.58. The van der Waals surface area contributed by atoms with Gasteiger partial charge in [-0.2, -0.15) is 0 Å². The molecule has 1 heterocycles. The van der Waals surface area contributed by atoms with Crippen LogP contribution in [0.5, 0.6) is 0 Å². The molecule has 2 heteroatoms. The van der Waals surface area contributed by atoms with E-state index in [0.717, 1.165) is 0 Å². The molecule has 1 aliphatic rings. The molecule has 1 atom stereocenters. The normalized spacial score (nSPS) is 26.8. The van der Waals surface area contributed by atoms with Gasteiger partial charge in [-0.05, 0) is 26.8 Å². The molecule has 1 aliphatic heterocycles. The molecule has 0 aromatic heterocycles. The van der Waals surface area contributed by atoms with Crippen molar-refractivity contribution in [1.82, 2.24) is 0 Å². The summed E-state index contributed by atoms with van der Waals surface area (Å²) < 4.78 is 5.17. The van der Waals surface area contributed by atoms with Gasteiger partial charge in [-0.3, -0.25) is 4.79 Å². The Morgan fingerprint density at radius 2 is 2.00 bits per heavy atom. The van der Waals surface area contributed by atoms with E-state index in [-0.39, 0.29) is 17.5 Å². The molecular weight excluding hydrogens is 152 g/mol. The van der Waals surface area contributed by atoms with Crippen molar-refractivity contribution in [3.05, 3.63) is 24.3 Å². The Hall–Kier alpha value is -0.890. The van der Waals surface area contributed by atoms with Gasteiger partial charge in [0.2, 0.25) is 0 Å². The maximum atomic E-state index is 11.3. The summed E-state index contributed by atoms with van der Waals surface area (Å²) in [6, 6.07) is 0. The van der Waals surface area contributed by atoms with Crippen LogP contribution in [0.15, 0.2) is 24.3 Å². The molecule has 2 nitrogen and oxygen atoms in total. The molecule has 0 aromatic rings. The molecule has 0 aliphatic carbocycles. The fraction of sp³-hybridized carbons (Fsp3) is 0.500. The zero-order valence-corrected chi connectivity index (χ0v) is 7.70. The maximum absolute atomic E-state index is 11.3. The van der Waals surface area contributed by atoms with Crippen LogP contribution in [0.4, 0.5) is 0 Å². The van der Waals surface area contributed by atoms with Crippen LogP contribution in [0, 0.1) is 0 Å². The van der Waals surface area contributed by atoms with Crippen molar-refractivity contribution in [2.24, 2.45) is 0 Å². The fourth-order valence-electron chi connectivity index (χ4n) is 1.02. The third-order valence-electron chi connectivity index (χ3n) is 1.82. The van der Waals surface area contributed by atoms with E-state index in [0.29, 0.717) is 0 Å². The van der Waals surface area contributed by atoms with Crippen molar-refractivity contribution in [2.75, 3.05) is 0 Å². The minimum Gasteiger partial charge on any atom is -0.358 e. The summed E-state index contributed by atoms with van der Waals surface area (Å²) >= 11 is 0. The van der Waals surface area contributed by atoms with Crippen LogP contribution in [0.2, 0.25) is 0 Å². The highest BCUT2D eigenvalue weighted by molar-refractivity contribution is 5.96. The van der Waals surface area contributed by atoms with E-state index in [1.165, 1.54) is 0 Å². The number of rotatable bonds is 3. The summed E-state index contributed by atoms with van der Waals surface area (Å²) in [4.78, 5) is 11.3. The molecule has 66 valence electrons. The number of carbonyl (C=O) groups is 1. The lowest BCUT2D eigenvalue weighted by Crippen LogP contribution is -2.11. The first-order valence-electron chi connectivity index (χ1n) is 4.09. The lowest BCUT2D eigenvalue weighted by Gasteiger charge is -1.89. The van der Waals surface area contributed by atoms with Crippen LogP contribution in [-0.2, 0) is 9.53 Å². The monoisotopic (exact) mass is 166 g/mol. The number of ketones is 1. The standard InChI is InChI=1S/C10H14O2/c1-4-5-6-7-8(11)9-10(2,3)12-9/h4-7,9H,1-3H3. The molecular formula is C10H14O2. The van der Waals surface area contributed by atoms with Crippen molar-refractivity contribution in [3.63, 3.8) is 0 Å². The summed E-state index contributed by atoms with van der Waals surface area (Å²) in [5.41, 5.74) is -0.239. The highest BCUT2D eigenvalue weighted by Crippen LogP contribution is 2.35. The molecule has 0 spiro atoms. The lowest BCUT2D eigenvalue weighted by molar-refractivity contribution is -0.115. The van der Waals surface area contributed by atoms with Gasteiger partial charge in [0, 0.05) is 0 Å². The molecule has 0 saturated carbocycles. The molecule has 0 aromatic carbocycles. The van der Waals surface area contributed by atoms with E-state index in [1.807, 2.05) is 32.9 Å². The Kier molecular flexibility index (Phi) is 2.48. The average molecular weight is 166 g/mol. The van der Waals surface area contributed by atoms with Crippen molar-refractivity contribution in [1.29, 1.82) is 0 Å². The van der Waals surface area contributed by atoms with Crippen LogP contribution < -0.4 is 0 Å². The second-order valence-corrected chi connectivity index (χ2v) is 3.39. The van der Waals surface area contributed by atoms with Crippen LogP contribution in [0.25, 0.3) is 0 Å². The number of hydrogen-bond acceptors (Lipinski definition) is 2. The SMILES string of the molecule is CC=CC=CC(=O)C1OC1(C)C. The number of ether oxygens (including phenoxy) is 1. The number of allylic oxidation sites excluding steroid dienone is 3. The van der Waals surface area contributed by atoms with E-state index in [4.69, 9.17) is 4.74 Å². The Morgan fingerprint density at radius 1 is 1.42 bits per heavy atom. The van der Waals surface area contributed by atoms with Gasteiger partial charge in [-0.1, -0.05) is 18.2 Å². The number of epoxide rings is 1. The highest BCUT2D eigenvalue weighted by Gasteiger charge is 2.51. The molecule has 1 unspecified atom stereocenters. The lowest BCUT2D eigenvalue weighted by atomic mass is 10.1. The third-order valence-corrected chi connectivity index (χ3v) is 1.82. The Bertz CT molecular complexity index is 236. The Balaban J connectivity index is 2.41. The van der Waals surface area contributed by atoms with Gasteiger partial charge in [0.25, 0.3) is 0 Å². The Labute approximate surface area is 72.9 Å². The summed E-state index contributed by atoms with van der Waals surface area (Å²) in [5, 5.41) is 0. The van der Waals surface area contributed by atoms with Crippen LogP contribution in [0.3, 0.4) is 0 Å². The number of hydrogen-bond donors (Lipinski definition) is 0. The van der Waals surface area contributed by atoms with Crippen molar-refractivity contribution in [2.45, 2.75) is 32.5 Å². The first kappa shape index (κ1) is 9.20. The predicted octanol–water partition coefficient (Wildman–Crippen LogP) is 1.87. The van der Waals surface area contributed by atoms with E-state index in [2.05, 4.69) is 0 Å². The minimum atomic E-state index is -0.239. The van der Waals surface area contributed by atoms with Crippen LogP contribution in [0.1, 0.15) is 20.8 Å². The van der Waals surface area contributed by atoms with Gasteiger partial charge >= 0.3 is 0 Å². The number of carbonyl (C=O) groups excluding carboxylic acids is 1. The second kappa shape index (κ2) is 3.23. The summed E-state index contributed by atoms with van der Waals surface area (Å²) in [5.74, 6) is 0.0538. The topological polar surface area (TPSA) is 29.6 Å². The largest absolute Gasteiger partial charge is 0.358 e. The van der Waals surface area contributed by atoms with E-state index in [9.17, 15) is 4.79 Å². The molecule has 1 saturated heterocycles. The quantitative estimate of drug-likeness (QED) is 0.364. The van der Waals surface area contributed by atoms with Crippen molar-refractivity contribution < 1.29 is 9.53 Å². The van der Waals surface area contributed by atoms with Gasteiger partial charge in [0.05, 0.1) is 5.60 Å². The third kappa shape index (κ3) is 2.05. The van der Waals surface area contributed by atoms with E-state index in [1.54, 1.807) is 12.2 Å². The Morgan fingerprint density at radius 3 is 2.42 bits per heavy atom. The summed E-state index contributed by atoms with van der Waals surface area (Å²) in [6.07, 6.45) is 6.77. The average Bonchev–Trinajstić information content (AvgIpc) is 2.60.